The average Bonchev–Trinajstić information content (AvgIpc) is 2.93. The van der Waals surface area contributed by atoms with E-state index >= 15 is 0 Å². The van der Waals surface area contributed by atoms with Crippen molar-refractivity contribution < 1.29 is 14.6 Å². The second-order valence-corrected chi connectivity index (χ2v) is 6.04. The van der Waals surface area contributed by atoms with Gasteiger partial charge in [-0.15, -0.1) is 0 Å². The number of benzene rings is 1. The first-order valence-corrected chi connectivity index (χ1v) is 7.69. The molecule has 2 aliphatic rings. The Morgan fingerprint density at radius 1 is 1.14 bits per heavy atom. The fraction of sp³-hybridized carbons (Fsp3) is 0.625. The van der Waals surface area contributed by atoms with E-state index in [0.717, 1.165) is 57.7 Å². The predicted molar refractivity (Wildman–Crippen MR) is 80.1 cm³/mol. The highest BCUT2D eigenvalue weighted by atomic mass is 16.7. The Hall–Kier alpha value is -1.14. The van der Waals surface area contributed by atoms with Crippen molar-refractivity contribution in [1.82, 2.24) is 4.90 Å². The molecule has 0 saturated carbocycles. The first-order valence-electron chi connectivity index (χ1n) is 7.69. The van der Waals surface area contributed by atoms with E-state index in [1.807, 2.05) is 12.1 Å². The molecule has 1 unspecified atom stereocenters. The van der Waals surface area contributed by atoms with Gasteiger partial charge in [-0.1, -0.05) is 12.1 Å². The van der Waals surface area contributed by atoms with Crippen molar-refractivity contribution in [2.75, 3.05) is 32.8 Å². The van der Waals surface area contributed by atoms with Gasteiger partial charge >= 0.3 is 0 Å². The second-order valence-electron chi connectivity index (χ2n) is 6.04. The van der Waals surface area contributed by atoms with Gasteiger partial charge in [-0.3, -0.25) is 0 Å². The van der Waals surface area contributed by atoms with Crippen molar-refractivity contribution in [1.29, 1.82) is 0 Å². The molecule has 2 fully saturated rings. The third-order valence-electron chi connectivity index (χ3n) is 4.36. The van der Waals surface area contributed by atoms with Crippen LogP contribution in [0.25, 0.3) is 0 Å². The van der Waals surface area contributed by atoms with Gasteiger partial charge in [-0.25, -0.2) is 0 Å². The Kier molecular flexibility index (Phi) is 4.45. The van der Waals surface area contributed by atoms with Crippen LogP contribution in [0.15, 0.2) is 24.3 Å². The van der Waals surface area contributed by atoms with Gasteiger partial charge in [-0.2, -0.15) is 0 Å². The molecule has 3 rings (SSSR count). The number of piperidine rings is 1. The number of hydrogen-bond donors (Lipinski definition) is 2. The van der Waals surface area contributed by atoms with Gasteiger partial charge in [-0.05, 0) is 24.1 Å². The van der Waals surface area contributed by atoms with Crippen LogP contribution >= 0.6 is 0 Å². The number of nitrogens with zero attached hydrogens (tertiary/aromatic N) is 1. The Balaban J connectivity index is 1.45. The fourth-order valence-corrected chi connectivity index (χ4v) is 3.19. The monoisotopic (exact) mass is 292 g/mol. The summed E-state index contributed by atoms with van der Waals surface area (Å²) in [5, 5.41) is 9.29. The summed E-state index contributed by atoms with van der Waals surface area (Å²) in [7, 11) is 0. The van der Waals surface area contributed by atoms with Crippen molar-refractivity contribution >= 4 is 0 Å². The van der Waals surface area contributed by atoms with Crippen molar-refractivity contribution in [3.8, 4) is 5.75 Å². The molecule has 21 heavy (non-hydrogen) atoms. The maximum absolute atomic E-state index is 9.29. The molecule has 2 saturated heterocycles. The summed E-state index contributed by atoms with van der Waals surface area (Å²) < 4.78 is 11.5. The smallest absolute Gasteiger partial charge is 0.170 e. The summed E-state index contributed by atoms with van der Waals surface area (Å²) in [6, 6.07) is 7.39. The molecule has 0 aromatic heterocycles. The molecule has 0 radical (unpaired) electrons. The van der Waals surface area contributed by atoms with Crippen LogP contribution in [0.1, 0.15) is 18.4 Å². The van der Waals surface area contributed by atoms with Crippen LogP contribution in [-0.4, -0.2) is 54.7 Å². The van der Waals surface area contributed by atoms with Crippen LogP contribution in [-0.2, 0) is 15.9 Å². The molecular weight excluding hydrogens is 268 g/mol. The molecule has 3 N–H and O–H groups in total. The minimum atomic E-state index is -0.308. The standard InChI is InChI=1S/C16H24N2O3/c17-14(11-13-1-3-15(19)4-2-13)12-18-7-5-16(6-8-18)20-9-10-21-16/h1-4,14,19H,5-12,17H2. The molecule has 5 nitrogen and oxygen atoms in total. The second kappa shape index (κ2) is 6.32. The lowest BCUT2D eigenvalue weighted by molar-refractivity contribution is -0.185. The van der Waals surface area contributed by atoms with E-state index in [-0.39, 0.29) is 11.8 Å². The summed E-state index contributed by atoms with van der Waals surface area (Å²) in [5.41, 5.74) is 7.42. The molecule has 116 valence electrons. The number of likely N-dealkylation sites (tertiary alicyclic amines) is 1. The van der Waals surface area contributed by atoms with Gasteiger partial charge in [0, 0.05) is 38.5 Å². The molecule has 0 amide bonds. The van der Waals surface area contributed by atoms with Crippen molar-refractivity contribution in [2.24, 2.45) is 5.73 Å². The number of ether oxygens (including phenoxy) is 2. The predicted octanol–water partition coefficient (Wildman–Crippen LogP) is 1.10. The molecule has 2 aliphatic heterocycles. The Morgan fingerprint density at radius 3 is 2.38 bits per heavy atom. The van der Waals surface area contributed by atoms with Crippen molar-refractivity contribution in [2.45, 2.75) is 31.1 Å². The van der Waals surface area contributed by atoms with E-state index in [2.05, 4.69) is 4.90 Å². The Bertz CT molecular complexity index is 447. The molecule has 1 aromatic rings. The van der Waals surface area contributed by atoms with E-state index in [1.54, 1.807) is 12.1 Å². The summed E-state index contributed by atoms with van der Waals surface area (Å²) in [4.78, 5) is 2.39. The normalized spacial score (nSPS) is 23.5. The minimum absolute atomic E-state index is 0.106. The zero-order chi connectivity index (χ0) is 14.7. The van der Waals surface area contributed by atoms with Gasteiger partial charge in [0.2, 0.25) is 0 Å². The zero-order valence-electron chi connectivity index (χ0n) is 12.3. The molecule has 2 heterocycles. The largest absolute Gasteiger partial charge is 0.508 e. The lowest BCUT2D eigenvalue weighted by atomic mass is 10.0. The fourth-order valence-electron chi connectivity index (χ4n) is 3.19. The van der Waals surface area contributed by atoms with Crippen LogP contribution in [0.3, 0.4) is 0 Å². The number of phenols is 1. The van der Waals surface area contributed by atoms with Crippen LogP contribution in [0.4, 0.5) is 0 Å². The lowest BCUT2D eigenvalue weighted by Gasteiger charge is -2.38. The highest BCUT2D eigenvalue weighted by Crippen LogP contribution is 2.31. The molecule has 1 spiro atoms. The van der Waals surface area contributed by atoms with Gasteiger partial charge < -0.3 is 25.2 Å². The molecule has 0 bridgehead atoms. The summed E-state index contributed by atoms with van der Waals surface area (Å²) in [6.45, 7) is 4.28. The van der Waals surface area contributed by atoms with E-state index in [1.165, 1.54) is 0 Å². The number of hydrogen-bond acceptors (Lipinski definition) is 5. The van der Waals surface area contributed by atoms with Crippen molar-refractivity contribution in [3.63, 3.8) is 0 Å². The van der Waals surface area contributed by atoms with Crippen molar-refractivity contribution in [3.05, 3.63) is 29.8 Å². The number of aromatic hydroxyl groups is 1. The van der Waals surface area contributed by atoms with Crippen LogP contribution in [0, 0.1) is 0 Å². The first kappa shape index (κ1) is 14.8. The van der Waals surface area contributed by atoms with E-state index in [0.29, 0.717) is 5.75 Å². The lowest BCUT2D eigenvalue weighted by Crippen LogP contribution is -2.48. The van der Waals surface area contributed by atoms with Crippen LogP contribution < -0.4 is 5.73 Å². The zero-order valence-corrected chi connectivity index (χ0v) is 12.3. The van der Waals surface area contributed by atoms with E-state index in [4.69, 9.17) is 15.2 Å². The Labute approximate surface area is 125 Å². The maximum atomic E-state index is 9.29. The van der Waals surface area contributed by atoms with Gasteiger partial charge in [0.25, 0.3) is 0 Å². The van der Waals surface area contributed by atoms with Gasteiger partial charge in [0.05, 0.1) is 13.2 Å². The van der Waals surface area contributed by atoms with E-state index < -0.39 is 0 Å². The Morgan fingerprint density at radius 2 is 1.76 bits per heavy atom. The van der Waals surface area contributed by atoms with Crippen LogP contribution in [0.5, 0.6) is 5.75 Å². The van der Waals surface area contributed by atoms with E-state index in [9.17, 15) is 5.11 Å². The summed E-state index contributed by atoms with van der Waals surface area (Å²) >= 11 is 0. The maximum Gasteiger partial charge on any atom is 0.170 e. The van der Waals surface area contributed by atoms with Gasteiger partial charge in [0.15, 0.2) is 5.79 Å². The summed E-state index contributed by atoms with van der Waals surface area (Å²) in [5.74, 6) is -0.0115. The SMILES string of the molecule is NC(Cc1ccc(O)cc1)CN1CCC2(CC1)OCCO2. The quantitative estimate of drug-likeness (QED) is 0.870. The molecule has 0 aliphatic carbocycles. The molecular formula is C16H24N2O3. The summed E-state index contributed by atoms with van der Waals surface area (Å²) in [6.07, 6.45) is 2.69. The number of phenolic OH excluding ortho intramolecular Hbond substituents is 1. The van der Waals surface area contributed by atoms with Crippen LogP contribution in [0.2, 0.25) is 0 Å². The molecule has 1 atom stereocenters. The third-order valence-corrected chi connectivity index (χ3v) is 4.36. The first-order chi connectivity index (χ1) is 10.2. The highest BCUT2D eigenvalue weighted by molar-refractivity contribution is 5.26. The highest BCUT2D eigenvalue weighted by Gasteiger charge is 2.39. The molecule has 5 heteroatoms. The minimum Gasteiger partial charge on any atom is -0.508 e. The topological polar surface area (TPSA) is 68.0 Å². The number of rotatable bonds is 4. The number of nitrogens with two attached hydrogens (primary N) is 1. The molecule has 1 aromatic carbocycles. The third kappa shape index (κ3) is 3.74. The van der Waals surface area contributed by atoms with Gasteiger partial charge in [0.1, 0.15) is 5.75 Å². The average molecular weight is 292 g/mol.